The Labute approximate surface area is 189 Å². The molecule has 170 valence electrons. The van der Waals surface area contributed by atoms with E-state index in [2.05, 4.69) is 19.2 Å². The number of hydrogen-bond donors (Lipinski definition) is 0. The van der Waals surface area contributed by atoms with Gasteiger partial charge in [-0.25, -0.2) is 4.39 Å². The van der Waals surface area contributed by atoms with Gasteiger partial charge in [0, 0.05) is 6.07 Å². The molecule has 1 nitrogen and oxygen atoms in total. The van der Waals surface area contributed by atoms with E-state index in [9.17, 15) is 4.39 Å². The maximum atomic E-state index is 14.8. The molecule has 1 aromatic carbocycles. The minimum Gasteiger partial charge on any atom is -0.489 e. The SMILES string of the molecule is C=CCCC1CCC(C2CCC3CC(c4ccc(OCC=C)cc4F)CCC3C2)CC1. The maximum Gasteiger partial charge on any atom is 0.130 e. The lowest BCUT2D eigenvalue weighted by atomic mass is 9.60. The normalized spacial score (nSPS) is 33.3. The van der Waals surface area contributed by atoms with Crippen LogP contribution in [-0.2, 0) is 0 Å². The fourth-order valence-electron chi connectivity index (χ4n) is 7.02. The van der Waals surface area contributed by atoms with E-state index in [-0.39, 0.29) is 5.82 Å². The van der Waals surface area contributed by atoms with Gasteiger partial charge in [0.05, 0.1) is 0 Å². The van der Waals surface area contributed by atoms with Gasteiger partial charge in [-0.3, -0.25) is 0 Å². The molecule has 4 unspecified atom stereocenters. The number of allylic oxidation sites excluding steroid dienone is 1. The van der Waals surface area contributed by atoms with Crippen LogP contribution in [-0.4, -0.2) is 6.61 Å². The van der Waals surface area contributed by atoms with E-state index in [0.717, 1.165) is 41.6 Å². The van der Waals surface area contributed by atoms with Crippen LogP contribution in [0.5, 0.6) is 5.75 Å². The van der Waals surface area contributed by atoms with Gasteiger partial charge in [0.1, 0.15) is 18.2 Å². The monoisotopic (exact) mass is 424 g/mol. The standard InChI is InChI=1S/C29H41FO/c1-3-5-6-21-7-9-22(10-8-21)23-11-12-25-19-26(14-13-24(25)18-23)28-16-15-27(20-29(28)30)31-17-4-2/h3-4,15-16,20-26H,1-2,5-14,17-19H2. The second kappa shape index (κ2) is 10.8. The molecule has 0 aromatic heterocycles. The molecule has 4 atom stereocenters. The van der Waals surface area contributed by atoms with E-state index in [4.69, 9.17) is 4.74 Å². The summed E-state index contributed by atoms with van der Waals surface area (Å²) in [7, 11) is 0. The Balaban J connectivity index is 1.28. The first kappa shape index (κ1) is 22.6. The second-order valence-corrected chi connectivity index (χ2v) is 10.5. The van der Waals surface area contributed by atoms with Gasteiger partial charge in [0.25, 0.3) is 0 Å². The van der Waals surface area contributed by atoms with Crippen molar-refractivity contribution >= 4 is 0 Å². The molecule has 3 aliphatic rings. The highest BCUT2D eigenvalue weighted by Gasteiger charge is 2.39. The number of ether oxygens (including phenoxy) is 1. The highest BCUT2D eigenvalue weighted by atomic mass is 19.1. The predicted molar refractivity (Wildman–Crippen MR) is 128 cm³/mol. The third-order valence-corrected chi connectivity index (χ3v) is 8.77. The summed E-state index contributed by atoms with van der Waals surface area (Å²) in [5.74, 6) is 5.45. The molecule has 3 saturated carbocycles. The van der Waals surface area contributed by atoms with Gasteiger partial charge in [-0.15, -0.1) is 6.58 Å². The first-order valence-electron chi connectivity index (χ1n) is 12.8. The second-order valence-electron chi connectivity index (χ2n) is 10.5. The summed E-state index contributed by atoms with van der Waals surface area (Å²) in [6.07, 6.45) is 19.9. The van der Waals surface area contributed by atoms with E-state index >= 15 is 0 Å². The topological polar surface area (TPSA) is 9.23 Å². The van der Waals surface area contributed by atoms with Crippen LogP contribution in [0.15, 0.2) is 43.5 Å². The van der Waals surface area contributed by atoms with Crippen LogP contribution in [0.2, 0.25) is 0 Å². The summed E-state index contributed by atoms with van der Waals surface area (Å²) in [4.78, 5) is 0. The van der Waals surface area contributed by atoms with Crippen LogP contribution in [0.25, 0.3) is 0 Å². The van der Waals surface area contributed by atoms with Crippen LogP contribution in [0, 0.1) is 35.4 Å². The lowest BCUT2D eigenvalue weighted by molar-refractivity contribution is 0.0709. The highest BCUT2D eigenvalue weighted by Crippen LogP contribution is 2.51. The summed E-state index contributed by atoms with van der Waals surface area (Å²) >= 11 is 0. The molecular formula is C29H41FO. The van der Waals surface area contributed by atoms with Crippen LogP contribution in [0.1, 0.15) is 88.5 Å². The average molecular weight is 425 g/mol. The molecule has 0 saturated heterocycles. The zero-order valence-corrected chi connectivity index (χ0v) is 19.2. The van der Waals surface area contributed by atoms with Gasteiger partial charge in [-0.1, -0.05) is 37.6 Å². The van der Waals surface area contributed by atoms with Gasteiger partial charge in [-0.05, 0) is 111 Å². The molecule has 0 heterocycles. The molecule has 0 aliphatic heterocycles. The average Bonchev–Trinajstić information content (AvgIpc) is 2.81. The van der Waals surface area contributed by atoms with Crippen molar-refractivity contribution in [1.82, 2.24) is 0 Å². The van der Waals surface area contributed by atoms with Crippen LogP contribution < -0.4 is 4.74 Å². The first-order chi connectivity index (χ1) is 15.2. The smallest absolute Gasteiger partial charge is 0.130 e. The molecule has 2 heteroatoms. The van der Waals surface area contributed by atoms with Crippen molar-refractivity contribution in [1.29, 1.82) is 0 Å². The van der Waals surface area contributed by atoms with E-state index in [1.165, 1.54) is 70.6 Å². The molecule has 0 bridgehead atoms. The molecule has 0 amide bonds. The Morgan fingerprint density at radius 1 is 0.839 bits per heavy atom. The molecule has 0 radical (unpaired) electrons. The third kappa shape index (κ3) is 5.62. The molecule has 0 spiro atoms. The summed E-state index contributed by atoms with van der Waals surface area (Å²) in [6, 6.07) is 5.46. The Hall–Kier alpha value is -1.57. The van der Waals surface area contributed by atoms with Gasteiger partial charge in [-0.2, -0.15) is 0 Å². The van der Waals surface area contributed by atoms with Crippen molar-refractivity contribution in [2.75, 3.05) is 6.61 Å². The van der Waals surface area contributed by atoms with Crippen molar-refractivity contribution < 1.29 is 9.13 Å². The summed E-state index contributed by atoms with van der Waals surface area (Å²) in [5, 5.41) is 0. The van der Waals surface area contributed by atoms with Crippen molar-refractivity contribution in [2.24, 2.45) is 29.6 Å². The van der Waals surface area contributed by atoms with Gasteiger partial charge in [0.2, 0.25) is 0 Å². The molecular weight excluding hydrogens is 383 g/mol. The number of rotatable bonds is 8. The zero-order chi connectivity index (χ0) is 21.6. The van der Waals surface area contributed by atoms with E-state index in [1.54, 1.807) is 12.1 Å². The highest BCUT2D eigenvalue weighted by molar-refractivity contribution is 5.31. The Bertz CT molecular complexity index is 732. The number of hydrogen-bond acceptors (Lipinski definition) is 1. The molecule has 1 aromatic rings. The molecule has 3 aliphatic carbocycles. The molecule has 31 heavy (non-hydrogen) atoms. The predicted octanol–water partition coefficient (Wildman–Crippen LogP) is 8.46. The summed E-state index contributed by atoms with van der Waals surface area (Å²) in [6.45, 7) is 7.96. The van der Waals surface area contributed by atoms with E-state index < -0.39 is 0 Å². The van der Waals surface area contributed by atoms with Crippen molar-refractivity contribution in [3.8, 4) is 5.75 Å². The van der Waals surface area contributed by atoms with Crippen LogP contribution >= 0.6 is 0 Å². The number of halogens is 1. The quantitative estimate of drug-likeness (QED) is 0.380. The summed E-state index contributed by atoms with van der Waals surface area (Å²) in [5.41, 5.74) is 0.907. The van der Waals surface area contributed by atoms with Gasteiger partial charge >= 0.3 is 0 Å². The fourth-order valence-corrected chi connectivity index (χ4v) is 7.02. The maximum absolute atomic E-state index is 14.8. The van der Waals surface area contributed by atoms with E-state index in [1.807, 2.05) is 12.1 Å². The summed E-state index contributed by atoms with van der Waals surface area (Å²) < 4.78 is 20.3. The largest absolute Gasteiger partial charge is 0.489 e. The van der Waals surface area contributed by atoms with Crippen molar-refractivity contribution in [2.45, 2.75) is 83.0 Å². The van der Waals surface area contributed by atoms with Gasteiger partial charge < -0.3 is 4.74 Å². The fraction of sp³-hybridized carbons (Fsp3) is 0.655. The van der Waals surface area contributed by atoms with Crippen molar-refractivity contribution in [3.63, 3.8) is 0 Å². The van der Waals surface area contributed by atoms with Crippen LogP contribution in [0.3, 0.4) is 0 Å². The Kier molecular flexibility index (Phi) is 7.91. The molecule has 0 N–H and O–H groups in total. The minimum atomic E-state index is -0.0908. The Morgan fingerprint density at radius 3 is 2.23 bits per heavy atom. The zero-order valence-electron chi connectivity index (χ0n) is 19.2. The number of fused-ring (bicyclic) bond motifs is 1. The first-order valence-corrected chi connectivity index (χ1v) is 12.8. The third-order valence-electron chi connectivity index (χ3n) is 8.77. The van der Waals surface area contributed by atoms with Gasteiger partial charge in [0.15, 0.2) is 0 Å². The van der Waals surface area contributed by atoms with Crippen LogP contribution in [0.4, 0.5) is 4.39 Å². The molecule has 3 fully saturated rings. The number of benzene rings is 1. The lowest BCUT2D eigenvalue weighted by Gasteiger charge is -2.45. The lowest BCUT2D eigenvalue weighted by Crippen LogP contribution is -2.34. The Morgan fingerprint density at radius 2 is 1.52 bits per heavy atom. The van der Waals surface area contributed by atoms with Crippen molar-refractivity contribution in [3.05, 3.63) is 54.9 Å². The van der Waals surface area contributed by atoms with E-state index in [0.29, 0.717) is 18.3 Å². The minimum absolute atomic E-state index is 0.0908. The molecule has 4 rings (SSSR count).